The van der Waals surface area contributed by atoms with Gasteiger partial charge in [-0.1, -0.05) is 12.2 Å². The number of likely N-dealkylation sites (N-methyl/N-ethyl adjacent to an activating group) is 1. The van der Waals surface area contributed by atoms with Crippen LogP contribution in [0.4, 0.5) is 0 Å². The summed E-state index contributed by atoms with van der Waals surface area (Å²) in [6, 6.07) is -0.168. The Hall–Kier alpha value is -1.62. The Morgan fingerprint density at radius 2 is 2.33 bits per heavy atom. The lowest BCUT2D eigenvalue weighted by Crippen LogP contribution is -2.28. The standard InChI is InChI=1S/C10H14N2O3/c1-11-10(15)4-5-12(7-13)8-2-3-9(14)6-8/h2-5,7-9,14H,6H2,1H3,(H,11,15)/b5-4-. The molecule has 0 saturated carbocycles. The Balaban J connectivity index is 2.57. The van der Waals surface area contributed by atoms with Gasteiger partial charge in [0.15, 0.2) is 0 Å². The zero-order valence-corrected chi connectivity index (χ0v) is 8.46. The van der Waals surface area contributed by atoms with Crippen LogP contribution >= 0.6 is 0 Å². The van der Waals surface area contributed by atoms with E-state index in [0.29, 0.717) is 12.8 Å². The fourth-order valence-corrected chi connectivity index (χ4v) is 1.34. The molecule has 2 atom stereocenters. The number of hydrogen-bond donors (Lipinski definition) is 2. The second-order valence-corrected chi connectivity index (χ2v) is 3.24. The minimum Gasteiger partial charge on any atom is -0.389 e. The molecule has 5 heteroatoms. The quantitative estimate of drug-likeness (QED) is 0.369. The summed E-state index contributed by atoms with van der Waals surface area (Å²) in [5.74, 6) is -0.274. The van der Waals surface area contributed by atoms with Crippen molar-refractivity contribution in [1.82, 2.24) is 10.2 Å². The molecule has 0 fully saturated rings. The highest BCUT2D eigenvalue weighted by atomic mass is 16.3. The number of amides is 2. The van der Waals surface area contributed by atoms with Crippen molar-refractivity contribution < 1.29 is 14.7 Å². The Bertz CT molecular complexity index is 299. The third-order valence-corrected chi connectivity index (χ3v) is 2.19. The molecule has 5 nitrogen and oxygen atoms in total. The number of rotatable bonds is 4. The van der Waals surface area contributed by atoms with Crippen LogP contribution in [0.25, 0.3) is 0 Å². The molecular weight excluding hydrogens is 196 g/mol. The summed E-state index contributed by atoms with van der Waals surface area (Å²) >= 11 is 0. The summed E-state index contributed by atoms with van der Waals surface area (Å²) < 4.78 is 0. The molecule has 15 heavy (non-hydrogen) atoms. The number of hydrogen-bond acceptors (Lipinski definition) is 3. The van der Waals surface area contributed by atoms with Crippen molar-refractivity contribution in [3.8, 4) is 0 Å². The molecule has 2 amide bonds. The zero-order valence-electron chi connectivity index (χ0n) is 8.46. The predicted molar refractivity (Wildman–Crippen MR) is 54.7 cm³/mol. The first kappa shape index (κ1) is 11.5. The van der Waals surface area contributed by atoms with E-state index < -0.39 is 6.10 Å². The van der Waals surface area contributed by atoms with Gasteiger partial charge in [0.2, 0.25) is 12.3 Å². The van der Waals surface area contributed by atoms with Crippen LogP contribution in [-0.2, 0) is 9.59 Å². The average Bonchev–Trinajstić information content (AvgIpc) is 2.65. The number of nitrogens with one attached hydrogen (secondary N) is 1. The monoisotopic (exact) mass is 210 g/mol. The van der Waals surface area contributed by atoms with Crippen molar-refractivity contribution in [3.63, 3.8) is 0 Å². The van der Waals surface area contributed by atoms with Crippen molar-refractivity contribution in [2.24, 2.45) is 0 Å². The first-order valence-electron chi connectivity index (χ1n) is 4.66. The summed E-state index contributed by atoms with van der Waals surface area (Å²) in [6.07, 6.45) is 6.64. The molecule has 0 aromatic carbocycles. The molecule has 0 aromatic rings. The summed E-state index contributed by atoms with van der Waals surface area (Å²) in [6.45, 7) is 0. The fraction of sp³-hybridized carbons (Fsp3) is 0.400. The van der Waals surface area contributed by atoms with Gasteiger partial charge >= 0.3 is 0 Å². The molecule has 2 N–H and O–H groups in total. The van der Waals surface area contributed by atoms with Crippen molar-refractivity contribution in [2.45, 2.75) is 18.6 Å². The minimum atomic E-state index is -0.508. The van der Waals surface area contributed by atoms with E-state index in [1.54, 1.807) is 12.2 Å². The predicted octanol–water partition coefficient (Wildman–Crippen LogP) is -0.606. The smallest absolute Gasteiger partial charge is 0.245 e. The normalized spacial score (nSPS) is 24.4. The van der Waals surface area contributed by atoms with Gasteiger partial charge in [0.1, 0.15) is 0 Å². The maximum atomic E-state index is 10.9. The van der Waals surface area contributed by atoms with Crippen molar-refractivity contribution in [2.75, 3.05) is 7.05 Å². The molecule has 0 aliphatic heterocycles. The number of nitrogens with zero attached hydrogens (tertiary/aromatic N) is 1. The molecule has 0 saturated heterocycles. The molecule has 0 spiro atoms. The van der Waals surface area contributed by atoms with Crippen LogP contribution in [0.2, 0.25) is 0 Å². The third-order valence-electron chi connectivity index (χ3n) is 2.19. The van der Waals surface area contributed by atoms with Gasteiger partial charge in [-0.2, -0.15) is 0 Å². The van der Waals surface area contributed by atoms with E-state index in [1.165, 1.54) is 24.2 Å². The minimum absolute atomic E-state index is 0.168. The Kier molecular flexibility index (Phi) is 4.05. The van der Waals surface area contributed by atoms with Gasteiger partial charge < -0.3 is 15.3 Å². The summed E-state index contributed by atoms with van der Waals surface area (Å²) in [5.41, 5.74) is 0. The number of aliphatic hydroxyl groups is 1. The molecule has 0 aromatic heterocycles. The first-order valence-corrected chi connectivity index (χ1v) is 4.66. The van der Waals surface area contributed by atoms with Crippen LogP contribution in [0, 0.1) is 0 Å². The Labute approximate surface area is 88.1 Å². The van der Waals surface area contributed by atoms with Crippen LogP contribution in [0.3, 0.4) is 0 Å². The van der Waals surface area contributed by atoms with E-state index in [1.807, 2.05) is 0 Å². The zero-order chi connectivity index (χ0) is 11.3. The second-order valence-electron chi connectivity index (χ2n) is 3.24. The lowest BCUT2D eigenvalue weighted by molar-refractivity contribution is -0.117. The van der Waals surface area contributed by atoms with Crippen LogP contribution < -0.4 is 5.32 Å². The molecule has 0 radical (unpaired) electrons. The van der Waals surface area contributed by atoms with Crippen LogP contribution in [0.1, 0.15) is 6.42 Å². The highest BCUT2D eigenvalue weighted by Crippen LogP contribution is 2.15. The number of aliphatic hydroxyl groups excluding tert-OH is 1. The van der Waals surface area contributed by atoms with E-state index in [4.69, 9.17) is 0 Å². The van der Waals surface area contributed by atoms with Gasteiger partial charge in [0.25, 0.3) is 0 Å². The van der Waals surface area contributed by atoms with Gasteiger partial charge in [0.05, 0.1) is 12.1 Å². The van der Waals surface area contributed by atoms with Crippen LogP contribution in [-0.4, -0.2) is 41.5 Å². The molecule has 1 aliphatic carbocycles. The van der Waals surface area contributed by atoms with Gasteiger partial charge in [-0.05, 0) is 0 Å². The molecule has 1 aliphatic rings. The molecule has 0 heterocycles. The fourth-order valence-electron chi connectivity index (χ4n) is 1.34. The average molecular weight is 210 g/mol. The van der Waals surface area contributed by atoms with Crippen molar-refractivity contribution in [3.05, 3.63) is 24.4 Å². The van der Waals surface area contributed by atoms with Gasteiger partial charge in [-0.25, -0.2) is 0 Å². The number of carbonyl (C=O) groups is 2. The maximum Gasteiger partial charge on any atom is 0.245 e. The second kappa shape index (κ2) is 5.31. The maximum absolute atomic E-state index is 10.9. The van der Waals surface area contributed by atoms with Gasteiger partial charge in [-0.3, -0.25) is 9.59 Å². The van der Waals surface area contributed by atoms with E-state index in [-0.39, 0.29) is 11.9 Å². The number of carbonyl (C=O) groups excluding carboxylic acids is 2. The van der Waals surface area contributed by atoms with Crippen molar-refractivity contribution >= 4 is 12.3 Å². The van der Waals surface area contributed by atoms with Crippen molar-refractivity contribution in [1.29, 1.82) is 0 Å². The van der Waals surface area contributed by atoms with Gasteiger partial charge in [-0.15, -0.1) is 0 Å². The van der Waals surface area contributed by atoms with Crippen LogP contribution in [0.15, 0.2) is 24.4 Å². The molecule has 82 valence electrons. The third kappa shape index (κ3) is 3.21. The Morgan fingerprint density at radius 3 is 2.80 bits per heavy atom. The van der Waals surface area contributed by atoms with E-state index in [0.717, 1.165) is 0 Å². The summed E-state index contributed by atoms with van der Waals surface area (Å²) in [4.78, 5) is 23.0. The highest BCUT2D eigenvalue weighted by Gasteiger charge is 2.20. The molecular formula is C10H14N2O3. The largest absolute Gasteiger partial charge is 0.389 e. The van der Waals surface area contributed by atoms with E-state index in [2.05, 4.69) is 5.32 Å². The SMILES string of the molecule is CNC(=O)/C=C\N(C=O)C1C=CC(O)C1. The van der Waals surface area contributed by atoms with Crippen LogP contribution in [0.5, 0.6) is 0 Å². The highest BCUT2D eigenvalue weighted by molar-refractivity contribution is 5.87. The molecule has 2 unspecified atom stereocenters. The topological polar surface area (TPSA) is 69.6 Å². The lowest BCUT2D eigenvalue weighted by atomic mass is 10.2. The lowest BCUT2D eigenvalue weighted by Gasteiger charge is -2.19. The van der Waals surface area contributed by atoms with Gasteiger partial charge in [0, 0.05) is 25.7 Å². The summed E-state index contributed by atoms with van der Waals surface area (Å²) in [5, 5.41) is 11.6. The molecule has 1 rings (SSSR count). The Morgan fingerprint density at radius 1 is 1.60 bits per heavy atom. The summed E-state index contributed by atoms with van der Waals surface area (Å²) in [7, 11) is 1.51. The van der Waals surface area contributed by atoms with E-state index >= 15 is 0 Å². The molecule has 0 bridgehead atoms. The first-order chi connectivity index (χ1) is 7.17. The van der Waals surface area contributed by atoms with E-state index in [9.17, 15) is 14.7 Å².